The maximum atomic E-state index is 10.7. The third kappa shape index (κ3) is 2.92. The number of hydrogen-bond donors (Lipinski definition) is 1. The number of nitriles is 1. The van der Waals surface area contributed by atoms with Gasteiger partial charge in [0.1, 0.15) is 0 Å². The monoisotopic (exact) mass is 220 g/mol. The number of hydrogen-bond acceptors (Lipinski definition) is 5. The quantitative estimate of drug-likeness (QED) is 0.617. The number of rotatable bonds is 4. The maximum Gasteiger partial charge on any atom is 0.311 e. The number of pyridine rings is 1. The smallest absolute Gasteiger partial charge is 0.311 e. The highest BCUT2D eigenvalue weighted by Gasteiger charge is 2.15. The summed E-state index contributed by atoms with van der Waals surface area (Å²) in [6, 6.07) is 3.49. The molecule has 16 heavy (non-hydrogen) atoms. The van der Waals surface area contributed by atoms with Gasteiger partial charge in [0.05, 0.1) is 16.9 Å². The van der Waals surface area contributed by atoms with Gasteiger partial charge in [-0.05, 0) is 19.4 Å². The molecule has 1 N–H and O–H groups in total. The van der Waals surface area contributed by atoms with Crippen LogP contribution in [0.3, 0.4) is 0 Å². The first-order valence-electron chi connectivity index (χ1n) is 4.79. The normalized spacial score (nSPS) is 11.6. The minimum Gasteiger partial charge on any atom is -0.363 e. The molecular weight excluding hydrogens is 208 g/mol. The van der Waals surface area contributed by atoms with E-state index in [9.17, 15) is 10.1 Å². The fourth-order valence-corrected chi connectivity index (χ4v) is 1.12. The first kappa shape index (κ1) is 11.9. The molecule has 0 unspecified atom stereocenters. The summed E-state index contributed by atoms with van der Waals surface area (Å²) in [6.07, 6.45) is 1.55. The topological polar surface area (TPSA) is 91.8 Å². The third-order valence-corrected chi connectivity index (χ3v) is 2.00. The van der Waals surface area contributed by atoms with Gasteiger partial charge >= 0.3 is 5.69 Å². The van der Waals surface area contributed by atoms with Crippen LogP contribution in [-0.4, -0.2) is 16.5 Å². The van der Waals surface area contributed by atoms with E-state index in [0.717, 1.165) is 5.56 Å². The Hall–Kier alpha value is -2.16. The second-order valence-corrected chi connectivity index (χ2v) is 3.55. The Morgan fingerprint density at radius 2 is 2.44 bits per heavy atom. The second-order valence-electron chi connectivity index (χ2n) is 3.55. The number of nitrogens with zero attached hydrogens (tertiary/aromatic N) is 3. The molecule has 1 aromatic rings. The summed E-state index contributed by atoms with van der Waals surface area (Å²) in [6.45, 7) is 3.81. The lowest BCUT2D eigenvalue weighted by Gasteiger charge is -2.07. The van der Waals surface area contributed by atoms with E-state index >= 15 is 0 Å². The molecule has 1 heterocycles. The summed E-state index contributed by atoms with van der Waals surface area (Å²) >= 11 is 0. The van der Waals surface area contributed by atoms with Gasteiger partial charge in [0, 0.05) is 18.8 Å². The van der Waals surface area contributed by atoms with E-state index < -0.39 is 4.92 Å². The summed E-state index contributed by atoms with van der Waals surface area (Å²) in [7, 11) is 0. The summed E-state index contributed by atoms with van der Waals surface area (Å²) in [5.74, 6) is -0.0135. The summed E-state index contributed by atoms with van der Waals surface area (Å²) in [4.78, 5) is 14.2. The maximum absolute atomic E-state index is 10.7. The number of anilines is 1. The molecule has 0 fully saturated rings. The highest BCUT2D eigenvalue weighted by atomic mass is 16.6. The lowest BCUT2D eigenvalue weighted by Crippen LogP contribution is -2.12. The van der Waals surface area contributed by atoms with Gasteiger partial charge in [-0.25, -0.2) is 4.98 Å². The number of aromatic nitrogens is 1. The van der Waals surface area contributed by atoms with Crippen molar-refractivity contribution in [2.24, 2.45) is 5.92 Å². The molecule has 0 radical (unpaired) electrons. The molecule has 6 nitrogen and oxygen atoms in total. The molecule has 1 aromatic heterocycles. The zero-order valence-corrected chi connectivity index (χ0v) is 9.10. The Bertz CT molecular complexity index is 439. The van der Waals surface area contributed by atoms with E-state index in [1.165, 1.54) is 6.07 Å². The van der Waals surface area contributed by atoms with E-state index in [1.807, 2.05) is 6.07 Å². The van der Waals surface area contributed by atoms with Crippen LogP contribution in [-0.2, 0) is 0 Å². The summed E-state index contributed by atoms with van der Waals surface area (Å²) in [5, 5.41) is 22.1. The van der Waals surface area contributed by atoms with Crippen molar-refractivity contribution in [3.05, 3.63) is 27.9 Å². The van der Waals surface area contributed by atoms with Gasteiger partial charge in [-0.3, -0.25) is 10.1 Å². The molecule has 0 aliphatic carbocycles. The average Bonchev–Trinajstić information content (AvgIpc) is 2.26. The molecule has 0 saturated carbocycles. The van der Waals surface area contributed by atoms with Gasteiger partial charge in [-0.15, -0.1) is 0 Å². The first-order chi connectivity index (χ1) is 7.54. The van der Waals surface area contributed by atoms with Crippen molar-refractivity contribution in [2.75, 3.05) is 11.9 Å². The molecule has 1 atom stereocenters. The van der Waals surface area contributed by atoms with E-state index in [2.05, 4.69) is 10.3 Å². The van der Waals surface area contributed by atoms with Crippen molar-refractivity contribution < 1.29 is 4.92 Å². The fourth-order valence-electron chi connectivity index (χ4n) is 1.12. The van der Waals surface area contributed by atoms with Crippen LogP contribution in [0.5, 0.6) is 0 Å². The third-order valence-electron chi connectivity index (χ3n) is 2.00. The van der Waals surface area contributed by atoms with Crippen molar-refractivity contribution in [1.29, 1.82) is 5.26 Å². The Labute approximate surface area is 93.1 Å². The Balaban J connectivity index is 2.88. The Kier molecular flexibility index (Phi) is 3.78. The van der Waals surface area contributed by atoms with Crippen LogP contribution < -0.4 is 5.32 Å². The van der Waals surface area contributed by atoms with Crippen LogP contribution in [0.4, 0.5) is 11.5 Å². The van der Waals surface area contributed by atoms with Gasteiger partial charge < -0.3 is 5.32 Å². The van der Waals surface area contributed by atoms with E-state index in [-0.39, 0.29) is 17.4 Å². The van der Waals surface area contributed by atoms with Gasteiger partial charge in [-0.2, -0.15) is 5.26 Å². The molecule has 0 spiro atoms. The number of nitro groups is 1. The van der Waals surface area contributed by atoms with E-state index in [0.29, 0.717) is 6.54 Å². The summed E-state index contributed by atoms with van der Waals surface area (Å²) in [5.41, 5.74) is 0.663. The predicted octanol–water partition coefficient (Wildman–Crippen LogP) is 1.87. The lowest BCUT2D eigenvalue weighted by molar-refractivity contribution is -0.384. The van der Waals surface area contributed by atoms with Crippen molar-refractivity contribution in [3.8, 4) is 6.07 Å². The van der Waals surface area contributed by atoms with Gasteiger partial charge in [0.25, 0.3) is 0 Å². The average molecular weight is 220 g/mol. The first-order valence-corrected chi connectivity index (χ1v) is 4.79. The van der Waals surface area contributed by atoms with Gasteiger partial charge in [-0.1, -0.05) is 0 Å². The molecule has 6 heteroatoms. The Morgan fingerprint density at radius 3 is 3.00 bits per heavy atom. The lowest BCUT2D eigenvalue weighted by atomic mass is 10.2. The zero-order chi connectivity index (χ0) is 12.1. The zero-order valence-electron chi connectivity index (χ0n) is 9.10. The van der Waals surface area contributed by atoms with E-state index in [4.69, 9.17) is 5.26 Å². The second kappa shape index (κ2) is 5.07. The summed E-state index contributed by atoms with van der Waals surface area (Å²) < 4.78 is 0. The number of aryl methyl sites for hydroxylation is 1. The molecule has 0 aliphatic heterocycles. The minimum atomic E-state index is -0.487. The van der Waals surface area contributed by atoms with Crippen molar-refractivity contribution in [3.63, 3.8) is 0 Å². The molecule has 84 valence electrons. The predicted molar refractivity (Wildman–Crippen MR) is 58.9 cm³/mol. The molecule has 0 bridgehead atoms. The molecule has 0 saturated heterocycles. The fraction of sp³-hybridized carbons (Fsp3) is 0.400. The van der Waals surface area contributed by atoms with Crippen LogP contribution in [0.25, 0.3) is 0 Å². The van der Waals surface area contributed by atoms with Crippen molar-refractivity contribution >= 4 is 11.5 Å². The van der Waals surface area contributed by atoms with E-state index in [1.54, 1.807) is 20.0 Å². The highest BCUT2D eigenvalue weighted by molar-refractivity contribution is 5.56. The van der Waals surface area contributed by atoms with Crippen LogP contribution >= 0.6 is 0 Å². The van der Waals surface area contributed by atoms with Crippen LogP contribution in [0.1, 0.15) is 12.5 Å². The largest absolute Gasteiger partial charge is 0.363 e. The van der Waals surface area contributed by atoms with Crippen LogP contribution in [0.2, 0.25) is 0 Å². The molecule has 1 rings (SSSR count). The highest BCUT2D eigenvalue weighted by Crippen LogP contribution is 2.22. The van der Waals surface area contributed by atoms with Crippen LogP contribution in [0, 0.1) is 34.3 Å². The number of nitrogens with one attached hydrogen (secondary N) is 1. The Morgan fingerprint density at radius 1 is 1.75 bits per heavy atom. The SMILES string of the molecule is Cc1cnc(NC[C@H](C)C#N)c([N+](=O)[O-])c1. The van der Waals surface area contributed by atoms with Gasteiger partial charge in [0.2, 0.25) is 5.82 Å². The molecule has 0 aliphatic rings. The minimum absolute atomic E-state index is 0.0647. The molecule has 0 aromatic carbocycles. The van der Waals surface area contributed by atoms with Crippen molar-refractivity contribution in [2.45, 2.75) is 13.8 Å². The van der Waals surface area contributed by atoms with Gasteiger partial charge in [0.15, 0.2) is 0 Å². The standard InChI is InChI=1S/C10H12N4O2/c1-7-3-9(14(15)16)10(12-5-7)13-6-8(2)4-11/h3,5,8H,6H2,1-2H3,(H,12,13)/t8-/m1/s1. The van der Waals surface area contributed by atoms with Crippen molar-refractivity contribution in [1.82, 2.24) is 4.98 Å². The molecule has 0 amide bonds. The van der Waals surface area contributed by atoms with Crippen LogP contribution in [0.15, 0.2) is 12.3 Å². The molecular formula is C10H12N4O2.